The van der Waals surface area contributed by atoms with E-state index in [4.69, 9.17) is 4.52 Å². The van der Waals surface area contributed by atoms with Crippen LogP contribution in [-0.2, 0) is 11.3 Å². The number of anilines is 1. The minimum absolute atomic E-state index is 0.121. The number of hydrogen-bond acceptors (Lipinski definition) is 5. The molecule has 6 nitrogen and oxygen atoms in total. The van der Waals surface area contributed by atoms with Crippen molar-refractivity contribution >= 4 is 17.4 Å². The van der Waals surface area contributed by atoms with Crippen molar-refractivity contribution in [3.05, 3.63) is 41.0 Å². The molecule has 0 saturated carbocycles. The third-order valence-corrected chi connectivity index (χ3v) is 3.47. The normalized spacial score (nSPS) is 14.2. The van der Waals surface area contributed by atoms with Gasteiger partial charge < -0.3 is 4.52 Å². The second-order valence-electron chi connectivity index (χ2n) is 5.40. The quantitative estimate of drug-likeness (QED) is 0.808. The Morgan fingerprint density at radius 2 is 2.05 bits per heavy atom. The first-order valence-electron chi connectivity index (χ1n) is 6.77. The van der Waals surface area contributed by atoms with E-state index in [1.165, 1.54) is 4.90 Å². The van der Waals surface area contributed by atoms with Crippen LogP contribution in [0, 0.1) is 6.92 Å². The zero-order valence-corrected chi connectivity index (χ0v) is 12.1. The summed E-state index contributed by atoms with van der Waals surface area (Å²) in [5.74, 6) is 0.0107. The number of carbonyl (C=O) groups excluding carboxylic acids is 2. The molecule has 2 heterocycles. The summed E-state index contributed by atoms with van der Waals surface area (Å²) in [5, 5.41) is 3.87. The molecule has 1 amide bonds. The fraction of sp³-hybridized carbons (Fsp3) is 0.333. The lowest BCUT2D eigenvalue weighted by molar-refractivity contribution is -0.114. The lowest BCUT2D eigenvalue weighted by Crippen LogP contribution is -2.30. The minimum atomic E-state index is -0.546. The summed E-state index contributed by atoms with van der Waals surface area (Å²) >= 11 is 0. The first-order valence-corrected chi connectivity index (χ1v) is 6.77. The summed E-state index contributed by atoms with van der Waals surface area (Å²) in [6, 6.07) is 5.31. The second kappa shape index (κ2) is 4.80. The third-order valence-electron chi connectivity index (χ3n) is 3.47. The number of aryl methyl sites for hydroxylation is 1. The van der Waals surface area contributed by atoms with Crippen LogP contribution in [0.1, 0.15) is 47.4 Å². The molecule has 0 N–H and O–H groups in total. The van der Waals surface area contributed by atoms with E-state index in [9.17, 15) is 9.59 Å². The molecule has 0 bridgehead atoms. The minimum Gasteiger partial charge on any atom is -0.339 e. The molecule has 0 aliphatic carbocycles. The summed E-state index contributed by atoms with van der Waals surface area (Å²) in [6.45, 7) is 5.90. The molecule has 1 aliphatic heterocycles. The van der Waals surface area contributed by atoms with Gasteiger partial charge in [0.15, 0.2) is 5.82 Å². The van der Waals surface area contributed by atoms with Gasteiger partial charge in [-0.25, -0.2) is 0 Å². The van der Waals surface area contributed by atoms with Gasteiger partial charge in [-0.1, -0.05) is 31.1 Å². The van der Waals surface area contributed by atoms with Gasteiger partial charge in [0.2, 0.25) is 5.89 Å². The topological polar surface area (TPSA) is 76.3 Å². The van der Waals surface area contributed by atoms with Crippen LogP contribution in [-0.4, -0.2) is 21.8 Å². The van der Waals surface area contributed by atoms with E-state index in [2.05, 4.69) is 10.1 Å². The largest absolute Gasteiger partial charge is 0.339 e. The highest BCUT2D eigenvalue weighted by Crippen LogP contribution is 2.33. The number of Topliss-reactive ketones (excluding diaryl/α,β-unsaturated/α-hetero) is 1. The SMILES string of the molecule is Cc1cccc2c1N(Cc1noc(C(C)C)n1)C(=O)C2=O. The third kappa shape index (κ3) is 2.12. The summed E-state index contributed by atoms with van der Waals surface area (Å²) in [5.41, 5.74) is 1.95. The van der Waals surface area contributed by atoms with E-state index in [-0.39, 0.29) is 12.5 Å². The number of rotatable bonds is 3. The van der Waals surface area contributed by atoms with Gasteiger partial charge in [0, 0.05) is 5.92 Å². The van der Waals surface area contributed by atoms with Crippen molar-refractivity contribution in [3.8, 4) is 0 Å². The van der Waals surface area contributed by atoms with Gasteiger partial charge in [0.1, 0.15) is 0 Å². The first kappa shape index (κ1) is 13.5. The molecule has 1 aromatic carbocycles. The van der Waals surface area contributed by atoms with E-state index >= 15 is 0 Å². The zero-order chi connectivity index (χ0) is 15.1. The summed E-state index contributed by atoms with van der Waals surface area (Å²) in [6.07, 6.45) is 0. The van der Waals surface area contributed by atoms with E-state index in [0.29, 0.717) is 23.0 Å². The molecule has 6 heteroatoms. The van der Waals surface area contributed by atoms with Gasteiger partial charge in [0.05, 0.1) is 17.8 Å². The molecule has 0 unspecified atom stereocenters. The summed E-state index contributed by atoms with van der Waals surface area (Å²) in [7, 11) is 0. The van der Waals surface area contributed by atoms with Crippen molar-refractivity contribution in [1.82, 2.24) is 10.1 Å². The van der Waals surface area contributed by atoms with Crippen molar-refractivity contribution < 1.29 is 14.1 Å². The molecule has 3 rings (SSSR count). The molecule has 0 atom stereocenters. The molecule has 21 heavy (non-hydrogen) atoms. The Morgan fingerprint density at radius 3 is 2.71 bits per heavy atom. The lowest BCUT2D eigenvalue weighted by Gasteiger charge is -2.16. The van der Waals surface area contributed by atoms with E-state index in [1.54, 1.807) is 12.1 Å². The van der Waals surface area contributed by atoms with E-state index < -0.39 is 11.7 Å². The highest BCUT2D eigenvalue weighted by Gasteiger charge is 2.37. The number of aromatic nitrogens is 2. The van der Waals surface area contributed by atoms with Crippen molar-refractivity contribution in [2.24, 2.45) is 0 Å². The average Bonchev–Trinajstić information content (AvgIpc) is 3.00. The standard InChI is InChI=1S/C15H15N3O3/c1-8(2)14-16-11(17-21-14)7-18-12-9(3)5-4-6-10(12)13(19)15(18)20/h4-6,8H,7H2,1-3H3. The number of para-hydroxylation sites is 1. The number of nitrogens with zero attached hydrogens (tertiary/aromatic N) is 3. The van der Waals surface area contributed by atoms with Crippen molar-refractivity contribution in [2.75, 3.05) is 4.90 Å². The Labute approximate surface area is 121 Å². The molecule has 0 fully saturated rings. The van der Waals surface area contributed by atoms with E-state index in [1.807, 2.05) is 26.8 Å². The molecule has 2 aromatic rings. The Kier molecular flexibility index (Phi) is 3.08. The van der Waals surface area contributed by atoms with Crippen LogP contribution in [0.4, 0.5) is 5.69 Å². The molecule has 1 aliphatic rings. The number of benzene rings is 1. The number of fused-ring (bicyclic) bond motifs is 1. The van der Waals surface area contributed by atoms with Crippen molar-refractivity contribution in [1.29, 1.82) is 0 Å². The van der Waals surface area contributed by atoms with E-state index in [0.717, 1.165) is 5.56 Å². The maximum absolute atomic E-state index is 12.1. The number of amides is 1. The highest BCUT2D eigenvalue weighted by molar-refractivity contribution is 6.52. The fourth-order valence-electron chi connectivity index (χ4n) is 2.40. The highest BCUT2D eigenvalue weighted by atomic mass is 16.5. The fourth-order valence-corrected chi connectivity index (χ4v) is 2.40. The predicted octanol–water partition coefficient (Wildman–Crippen LogP) is 2.23. The van der Waals surface area contributed by atoms with Crippen LogP contribution >= 0.6 is 0 Å². The van der Waals surface area contributed by atoms with Crippen LogP contribution in [0.3, 0.4) is 0 Å². The Hall–Kier alpha value is -2.50. The molecular formula is C15H15N3O3. The van der Waals surface area contributed by atoms with Gasteiger partial charge in [-0.3, -0.25) is 14.5 Å². The molecular weight excluding hydrogens is 270 g/mol. The average molecular weight is 285 g/mol. The smallest absolute Gasteiger partial charge is 0.299 e. The van der Waals surface area contributed by atoms with Crippen LogP contribution in [0.5, 0.6) is 0 Å². The molecule has 108 valence electrons. The lowest BCUT2D eigenvalue weighted by atomic mass is 10.1. The monoisotopic (exact) mass is 285 g/mol. The van der Waals surface area contributed by atoms with Crippen LogP contribution in [0.2, 0.25) is 0 Å². The van der Waals surface area contributed by atoms with Gasteiger partial charge in [-0.05, 0) is 18.6 Å². The Morgan fingerprint density at radius 1 is 1.29 bits per heavy atom. The van der Waals surface area contributed by atoms with Crippen LogP contribution in [0.25, 0.3) is 0 Å². The van der Waals surface area contributed by atoms with Gasteiger partial charge in [-0.2, -0.15) is 4.98 Å². The number of carbonyl (C=O) groups is 2. The first-order chi connectivity index (χ1) is 9.99. The van der Waals surface area contributed by atoms with Crippen LogP contribution in [0.15, 0.2) is 22.7 Å². The zero-order valence-electron chi connectivity index (χ0n) is 12.1. The Bertz CT molecular complexity index is 734. The molecule has 0 saturated heterocycles. The molecule has 0 radical (unpaired) electrons. The number of ketones is 1. The summed E-state index contributed by atoms with van der Waals surface area (Å²) in [4.78, 5) is 29.8. The van der Waals surface area contributed by atoms with Gasteiger partial charge in [-0.15, -0.1) is 0 Å². The molecule has 1 aromatic heterocycles. The van der Waals surface area contributed by atoms with Gasteiger partial charge >= 0.3 is 0 Å². The van der Waals surface area contributed by atoms with Crippen molar-refractivity contribution in [3.63, 3.8) is 0 Å². The maximum Gasteiger partial charge on any atom is 0.299 e. The van der Waals surface area contributed by atoms with Crippen LogP contribution < -0.4 is 4.90 Å². The maximum atomic E-state index is 12.1. The van der Waals surface area contributed by atoms with Gasteiger partial charge in [0.25, 0.3) is 11.7 Å². The number of hydrogen-bond donors (Lipinski definition) is 0. The predicted molar refractivity (Wildman–Crippen MR) is 75.1 cm³/mol. The second-order valence-corrected chi connectivity index (χ2v) is 5.40. The van der Waals surface area contributed by atoms with Crippen molar-refractivity contribution in [2.45, 2.75) is 33.2 Å². The summed E-state index contributed by atoms with van der Waals surface area (Å²) < 4.78 is 5.13. The molecule has 0 spiro atoms. The Balaban J connectivity index is 1.96.